The first kappa shape index (κ1) is 24.3. The highest BCUT2D eigenvalue weighted by atomic mass is 32.2. The largest absolute Gasteiger partial charge is 0.356 e. The van der Waals surface area contributed by atoms with Crippen LogP contribution in [0.3, 0.4) is 0 Å². The van der Waals surface area contributed by atoms with Crippen LogP contribution in [0.1, 0.15) is 42.6 Å². The van der Waals surface area contributed by atoms with Crippen LogP contribution in [0.5, 0.6) is 0 Å². The molecule has 0 bridgehead atoms. The van der Waals surface area contributed by atoms with Crippen molar-refractivity contribution in [3.05, 3.63) is 83.6 Å². The van der Waals surface area contributed by atoms with Crippen LogP contribution >= 0.6 is 0 Å². The third-order valence-electron chi connectivity index (χ3n) is 6.71. The van der Waals surface area contributed by atoms with Gasteiger partial charge in [0.05, 0.1) is 16.3 Å². The molecule has 1 atom stereocenters. The van der Waals surface area contributed by atoms with Crippen LogP contribution in [-0.4, -0.2) is 49.5 Å². The lowest BCUT2D eigenvalue weighted by molar-refractivity contribution is 0.161. The summed E-state index contributed by atoms with van der Waals surface area (Å²) in [6, 6.07) is 17.1. The summed E-state index contributed by atoms with van der Waals surface area (Å²) in [5, 5.41) is 0. The zero-order valence-electron chi connectivity index (χ0n) is 19.9. The van der Waals surface area contributed by atoms with Crippen LogP contribution in [0.2, 0.25) is 0 Å². The average Bonchev–Trinajstić information content (AvgIpc) is 2.83. The van der Waals surface area contributed by atoms with Gasteiger partial charge in [-0.3, -0.25) is 4.90 Å². The number of pyridine rings is 2. The van der Waals surface area contributed by atoms with E-state index < -0.39 is 15.8 Å². The molecule has 3 heterocycles. The van der Waals surface area contributed by atoms with Crippen molar-refractivity contribution in [1.82, 2.24) is 14.9 Å². The quantitative estimate of drug-likeness (QED) is 0.460. The van der Waals surface area contributed by atoms with Crippen molar-refractivity contribution in [2.24, 2.45) is 0 Å². The van der Waals surface area contributed by atoms with Crippen molar-refractivity contribution in [3.63, 3.8) is 0 Å². The minimum absolute atomic E-state index is 0.125. The van der Waals surface area contributed by atoms with Crippen LogP contribution in [-0.2, 0) is 15.6 Å². The fraction of sp³-hybridized carbons (Fsp3) is 0.385. The highest BCUT2D eigenvalue weighted by Gasteiger charge is 2.27. The van der Waals surface area contributed by atoms with E-state index in [0.29, 0.717) is 12.1 Å². The van der Waals surface area contributed by atoms with E-state index in [0.717, 1.165) is 37.3 Å². The van der Waals surface area contributed by atoms with E-state index in [1.807, 2.05) is 20.0 Å². The molecule has 180 valence electrons. The van der Waals surface area contributed by atoms with Crippen LogP contribution in [0.4, 0.5) is 10.2 Å². The molecule has 1 fully saturated rings. The van der Waals surface area contributed by atoms with Crippen molar-refractivity contribution in [2.45, 2.75) is 49.4 Å². The van der Waals surface area contributed by atoms with Gasteiger partial charge in [0, 0.05) is 38.4 Å². The second-order valence-electron chi connectivity index (χ2n) is 8.99. The Bertz CT molecular complexity index is 1230. The summed E-state index contributed by atoms with van der Waals surface area (Å²) in [5.74, 6) is -0.264. The van der Waals surface area contributed by atoms with Gasteiger partial charge in [0.25, 0.3) is 0 Å². The second kappa shape index (κ2) is 10.2. The Kier molecular flexibility index (Phi) is 7.28. The number of nitrogens with zero attached hydrogens (tertiary/aromatic N) is 4. The minimum Gasteiger partial charge on any atom is -0.356 e. The summed E-state index contributed by atoms with van der Waals surface area (Å²) in [4.78, 5) is 13.0. The molecule has 0 unspecified atom stereocenters. The maximum atomic E-state index is 13.4. The number of likely N-dealkylation sites (tertiary alicyclic amines) is 1. The van der Waals surface area contributed by atoms with Gasteiger partial charge in [0.15, 0.2) is 9.84 Å². The Balaban J connectivity index is 1.42. The Hall–Kier alpha value is -2.84. The van der Waals surface area contributed by atoms with Crippen molar-refractivity contribution in [3.8, 4) is 0 Å². The lowest BCUT2D eigenvalue weighted by Crippen LogP contribution is -2.44. The smallest absolute Gasteiger partial charge is 0.213 e. The van der Waals surface area contributed by atoms with E-state index in [1.54, 1.807) is 6.07 Å². The first-order valence-electron chi connectivity index (χ1n) is 11.6. The standard InChI is InChI=1S/C26H31FN4O2S/c1-19-16-24(34(32,33)18-22-10-7-11-25(27)29-22)17-28-26(19)30(3)23-12-14-31(15-13-23)20(2)21-8-5-4-6-9-21/h4-11,16-17,20,23H,12-15,18H2,1-3H3/t20-/m1/s1. The molecule has 8 heteroatoms. The molecule has 34 heavy (non-hydrogen) atoms. The summed E-state index contributed by atoms with van der Waals surface area (Å²) in [7, 11) is -1.65. The number of rotatable bonds is 7. The molecule has 1 aliphatic rings. The van der Waals surface area contributed by atoms with Gasteiger partial charge in [0.2, 0.25) is 5.95 Å². The van der Waals surface area contributed by atoms with Gasteiger partial charge >= 0.3 is 0 Å². The van der Waals surface area contributed by atoms with Gasteiger partial charge < -0.3 is 4.90 Å². The molecule has 1 aromatic carbocycles. The first-order chi connectivity index (χ1) is 16.2. The number of aryl methyl sites for hydroxylation is 1. The van der Waals surface area contributed by atoms with Crippen LogP contribution < -0.4 is 4.90 Å². The Morgan fingerprint density at radius 1 is 1.12 bits per heavy atom. The van der Waals surface area contributed by atoms with E-state index in [-0.39, 0.29) is 16.3 Å². The van der Waals surface area contributed by atoms with Crippen LogP contribution in [0.15, 0.2) is 65.7 Å². The minimum atomic E-state index is -3.68. The number of aromatic nitrogens is 2. The van der Waals surface area contributed by atoms with Crippen molar-refractivity contribution >= 4 is 15.7 Å². The molecule has 1 aliphatic heterocycles. The normalized spacial score (nSPS) is 16.4. The van der Waals surface area contributed by atoms with Gasteiger partial charge in [0.1, 0.15) is 5.82 Å². The molecule has 0 N–H and O–H groups in total. The van der Waals surface area contributed by atoms with Gasteiger partial charge in [-0.05, 0) is 56.0 Å². The lowest BCUT2D eigenvalue weighted by Gasteiger charge is -2.40. The van der Waals surface area contributed by atoms with E-state index in [4.69, 9.17) is 0 Å². The predicted molar refractivity (Wildman–Crippen MR) is 132 cm³/mol. The third kappa shape index (κ3) is 5.45. The fourth-order valence-corrected chi connectivity index (χ4v) is 5.95. The first-order valence-corrected chi connectivity index (χ1v) is 13.2. The van der Waals surface area contributed by atoms with Gasteiger partial charge in [-0.25, -0.2) is 18.4 Å². The molecule has 2 aromatic heterocycles. The monoisotopic (exact) mass is 482 g/mol. The van der Waals surface area contributed by atoms with Crippen LogP contribution in [0.25, 0.3) is 0 Å². The molecule has 6 nitrogen and oxygen atoms in total. The highest BCUT2D eigenvalue weighted by molar-refractivity contribution is 7.90. The summed E-state index contributed by atoms with van der Waals surface area (Å²) in [6.45, 7) is 6.13. The molecule has 4 rings (SSSR count). The second-order valence-corrected chi connectivity index (χ2v) is 11.0. The molecular weight excluding hydrogens is 451 g/mol. The number of halogens is 1. The van der Waals surface area contributed by atoms with E-state index in [9.17, 15) is 12.8 Å². The van der Waals surface area contributed by atoms with E-state index in [1.165, 1.54) is 30.0 Å². The average molecular weight is 483 g/mol. The molecule has 0 saturated carbocycles. The van der Waals surface area contributed by atoms with Crippen molar-refractivity contribution in [1.29, 1.82) is 0 Å². The summed E-state index contributed by atoms with van der Waals surface area (Å²) in [5.41, 5.74) is 2.31. The van der Waals surface area contributed by atoms with E-state index in [2.05, 4.69) is 51.0 Å². The zero-order chi connectivity index (χ0) is 24.3. The predicted octanol–water partition coefficient (Wildman–Crippen LogP) is 4.56. The van der Waals surface area contributed by atoms with Crippen LogP contribution in [0, 0.1) is 12.9 Å². The molecule has 0 radical (unpaired) electrons. The van der Waals surface area contributed by atoms with Gasteiger partial charge in [-0.15, -0.1) is 0 Å². The van der Waals surface area contributed by atoms with Crippen molar-refractivity contribution < 1.29 is 12.8 Å². The summed E-state index contributed by atoms with van der Waals surface area (Å²) >= 11 is 0. The molecule has 0 spiro atoms. The maximum Gasteiger partial charge on any atom is 0.213 e. The van der Waals surface area contributed by atoms with E-state index >= 15 is 0 Å². The lowest BCUT2D eigenvalue weighted by atomic mass is 9.99. The third-order valence-corrected chi connectivity index (χ3v) is 8.32. The molecule has 0 aliphatic carbocycles. The number of hydrogen-bond acceptors (Lipinski definition) is 6. The number of benzene rings is 1. The molecular formula is C26H31FN4O2S. The van der Waals surface area contributed by atoms with Gasteiger partial charge in [-0.2, -0.15) is 4.39 Å². The highest BCUT2D eigenvalue weighted by Crippen LogP contribution is 2.29. The Morgan fingerprint density at radius 3 is 2.47 bits per heavy atom. The summed E-state index contributed by atoms with van der Waals surface area (Å²) in [6.07, 6.45) is 3.43. The molecule has 1 saturated heterocycles. The fourth-order valence-electron chi connectivity index (χ4n) is 4.67. The molecule has 0 amide bonds. The summed E-state index contributed by atoms with van der Waals surface area (Å²) < 4.78 is 39.0. The Labute approximate surface area is 201 Å². The van der Waals surface area contributed by atoms with Crippen molar-refractivity contribution in [2.75, 3.05) is 25.0 Å². The number of piperidine rings is 1. The number of hydrogen-bond donors (Lipinski definition) is 0. The number of anilines is 1. The Morgan fingerprint density at radius 2 is 1.82 bits per heavy atom. The van der Waals surface area contributed by atoms with Gasteiger partial charge in [-0.1, -0.05) is 36.4 Å². The maximum absolute atomic E-state index is 13.4. The topological polar surface area (TPSA) is 66.4 Å². The number of sulfone groups is 1. The SMILES string of the molecule is Cc1cc(S(=O)(=O)Cc2cccc(F)n2)cnc1N(C)C1CCN([C@H](C)c2ccccc2)CC1. The zero-order valence-corrected chi connectivity index (χ0v) is 20.7. The molecule has 3 aromatic rings.